The molecule has 0 aliphatic carbocycles. The Balaban J connectivity index is 4.13. The van der Waals surface area contributed by atoms with Crippen molar-refractivity contribution >= 4 is 10.2 Å². The first kappa shape index (κ1) is 13.1. The molecule has 13 heavy (non-hydrogen) atoms. The molecule has 0 heterocycles. The fourth-order valence-electron chi connectivity index (χ4n) is 1.40. The lowest BCUT2D eigenvalue weighted by Crippen LogP contribution is -2.55. The molecule has 0 amide bonds. The Morgan fingerprint density at radius 1 is 1.31 bits per heavy atom. The van der Waals surface area contributed by atoms with Gasteiger partial charge in [-0.25, -0.2) is 0 Å². The molecule has 2 atom stereocenters. The fourth-order valence-corrected chi connectivity index (χ4v) is 2.15. The average Bonchev–Trinajstić information content (AvgIpc) is 2.04. The maximum Gasteiger partial charge on any atom is 0.118 e. The topological polar surface area (TPSA) is 44.5 Å². The number of hydrogen-bond donors (Lipinski definition) is 1. The summed E-state index contributed by atoms with van der Waals surface area (Å²) in [5.41, 5.74) is 6.06. The summed E-state index contributed by atoms with van der Waals surface area (Å²) >= 11 is 0. The Labute approximate surface area is 84.4 Å². The lowest BCUT2D eigenvalue weighted by atomic mass is 10.2. The highest BCUT2D eigenvalue weighted by atomic mass is 28.1. The molecule has 0 fully saturated rings. The maximum absolute atomic E-state index is 6.06. The van der Waals surface area contributed by atoms with Crippen molar-refractivity contribution in [3.8, 4) is 0 Å². The Bertz CT molecular complexity index is 125. The van der Waals surface area contributed by atoms with E-state index in [1.807, 2.05) is 13.8 Å². The summed E-state index contributed by atoms with van der Waals surface area (Å²) in [6, 6.07) is 0. The molecule has 0 radical (unpaired) electrons. The molecule has 0 aromatic carbocycles. The third kappa shape index (κ3) is 4.76. The summed E-state index contributed by atoms with van der Waals surface area (Å²) in [6.07, 6.45) is 2.13. The molecule has 4 heteroatoms. The molecular formula is C9H23NO2Si. The van der Waals surface area contributed by atoms with E-state index in [0.29, 0.717) is 13.2 Å². The molecule has 0 aromatic heterocycles. The lowest BCUT2D eigenvalue weighted by molar-refractivity contribution is -0.0936. The van der Waals surface area contributed by atoms with E-state index in [2.05, 4.69) is 6.92 Å². The maximum atomic E-state index is 6.06. The monoisotopic (exact) mass is 205 g/mol. The standard InChI is InChI=1S/C9H23NO2Si/c1-4-7-8(11-5-2)9(10,13)12-6-3/h8H,4-7,10H2,1-3,13H3. The van der Waals surface area contributed by atoms with Gasteiger partial charge in [-0.3, -0.25) is 0 Å². The van der Waals surface area contributed by atoms with Crippen molar-refractivity contribution < 1.29 is 9.47 Å². The summed E-state index contributed by atoms with van der Waals surface area (Å²) in [4.78, 5) is 0. The second-order valence-corrected chi connectivity index (χ2v) is 4.91. The van der Waals surface area contributed by atoms with Crippen molar-refractivity contribution in [3.05, 3.63) is 0 Å². The highest BCUT2D eigenvalue weighted by molar-refractivity contribution is 6.14. The van der Waals surface area contributed by atoms with Crippen molar-refractivity contribution in [2.45, 2.75) is 45.1 Å². The average molecular weight is 205 g/mol. The van der Waals surface area contributed by atoms with Gasteiger partial charge in [0.2, 0.25) is 0 Å². The zero-order valence-corrected chi connectivity index (χ0v) is 11.3. The molecule has 2 N–H and O–H groups in total. The minimum Gasteiger partial charge on any atom is -0.374 e. The number of nitrogens with two attached hydrogens (primary N) is 1. The van der Waals surface area contributed by atoms with Crippen molar-refractivity contribution in [3.63, 3.8) is 0 Å². The van der Waals surface area contributed by atoms with Crippen LogP contribution in [0.3, 0.4) is 0 Å². The van der Waals surface area contributed by atoms with E-state index < -0.39 is 5.35 Å². The summed E-state index contributed by atoms with van der Waals surface area (Å²) in [6.45, 7) is 7.46. The van der Waals surface area contributed by atoms with Crippen LogP contribution in [-0.2, 0) is 9.47 Å². The SMILES string of the molecule is CCCC(OCC)C(N)([SiH3])OCC. The molecule has 0 aromatic rings. The van der Waals surface area contributed by atoms with Gasteiger partial charge in [0.1, 0.15) is 5.35 Å². The fraction of sp³-hybridized carbons (Fsp3) is 1.00. The third-order valence-corrected chi connectivity index (χ3v) is 2.95. The van der Waals surface area contributed by atoms with Gasteiger partial charge in [-0.2, -0.15) is 0 Å². The first-order chi connectivity index (χ1) is 6.08. The van der Waals surface area contributed by atoms with E-state index in [-0.39, 0.29) is 6.10 Å². The second kappa shape index (κ2) is 6.54. The molecule has 0 bridgehead atoms. The first-order valence-corrected chi connectivity index (χ1v) is 6.12. The van der Waals surface area contributed by atoms with E-state index in [1.54, 1.807) is 0 Å². The normalized spacial score (nSPS) is 18.5. The van der Waals surface area contributed by atoms with E-state index in [1.165, 1.54) is 0 Å². The number of rotatable bonds is 7. The lowest BCUT2D eigenvalue weighted by Gasteiger charge is -2.33. The minimum absolute atomic E-state index is 0.0640. The molecule has 0 aliphatic heterocycles. The van der Waals surface area contributed by atoms with Gasteiger partial charge in [0.25, 0.3) is 0 Å². The van der Waals surface area contributed by atoms with E-state index >= 15 is 0 Å². The molecular weight excluding hydrogens is 182 g/mol. The van der Waals surface area contributed by atoms with Crippen LogP contribution >= 0.6 is 0 Å². The predicted molar refractivity (Wildman–Crippen MR) is 58.8 cm³/mol. The molecule has 80 valence electrons. The van der Waals surface area contributed by atoms with Gasteiger partial charge in [-0.15, -0.1) is 0 Å². The first-order valence-electron chi connectivity index (χ1n) is 5.12. The third-order valence-electron chi connectivity index (χ3n) is 2.01. The van der Waals surface area contributed by atoms with Gasteiger partial charge in [0.05, 0.1) is 16.3 Å². The second-order valence-electron chi connectivity index (χ2n) is 3.35. The van der Waals surface area contributed by atoms with Gasteiger partial charge in [-0.05, 0) is 20.3 Å². The number of hydrogen-bond acceptors (Lipinski definition) is 3. The molecule has 0 spiro atoms. The number of ether oxygens (including phenoxy) is 2. The molecule has 2 unspecified atom stereocenters. The van der Waals surface area contributed by atoms with Crippen LogP contribution in [0.15, 0.2) is 0 Å². The smallest absolute Gasteiger partial charge is 0.118 e. The van der Waals surface area contributed by atoms with E-state index in [0.717, 1.165) is 23.1 Å². The van der Waals surface area contributed by atoms with Crippen molar-refractivity contribution in [2.24, 2.45) is 5.73 Å². The van der Waals surface area contributed by atoms with Crippen molar-refractivity contribution in [2.75, 3.05) is 13.2 Å². The molecule has 0 saturated carbocycles. The van der Waals surface area contributed by atoms with Crippen molar-refractivity contribution in [1.29, 1.82) is 0 Å². The summed E-state index contributed by atoms with van der Waals surface area (Å²) < 4.78 is 11.1. The van der Waals surface area contributed by atoms with Crippen LogP contribution in [-0.4, -0.2) is 34.9 Å². The molecule has 0 saturated heterocycles. The predicted octanol–water partition coefficient (Wildman–Crippen LogP) is 0.206. The summed E-state index contributed by atoms with van der Waals surface area (Å²) in [5, 5.41) is -0.513. The van der Waals surface area contributed by atoms with Crippen LogP contribution in [0.5, 0.6) is 0 Å². The quantitative estimate of drug-likeness (QED) is 0.477. The van der Waals surface area contributed by atoms with Crippen LogP contribution in [0, 0.1) is 0 Å². The molecule has 0 aliphatic rings. The van der Waals surface area contributed by atoms with E-state index in [4.69, 9.17) is 15.2 Å². The van der Waals surface area contributed by atoms with Gasteiger partial charge >= 0.3 is 0 Å². The van der Waals surface area contributed by atoms with Crippen molar-refractivity contribution in [1.82, 2.24) is 0 Å². The Morgan fingerprint density at radius 2 is 1.92 bits per heavy atom. The minimum atomic E-state index is -0.513. The highest BCUT2D eigenvalue weighted by Gasteiger charge is 2.29. The summed E-state index contributed by atoms with van der Waals surface area (Å²) in [7, 11) is 0.800. The molecule has 3 nitrogen and oxygen atoms in total. The zero-order valence-electron chi connectivity index (χ0n) is 9.30. The van der Waals surface area contributed by atoms with Crippen LogP contribution < -0.4 is 5.73 Å². The van der Waals surface area contributed by atoms with Gasteiger partial charge < -0.3 is 15.2 Å². The Hall–Kier alpha value is 0.0969. The summed E-state index contributed by atoms with van der Waals surface area (Å²) in [5.74, 6) is 0. The molecule has 0 rings (SSSR count). The van der Waals surface area contributed by atoms with Crippen LogP contribution in [0.1, 0.15) is 33.6 Å². The van der Waals surface area contributed by atoms with Crippen LogP contribution in [0.4, 0.5) is 0 Å². The van der Waals surface area contributed by atoms with Crippen LogP contribution in [0.25, 0.3) is 0 Å². The van der Waals surface area contributed by atoms with Gasteiger partial charge in [-0.1, -0.05) is 13.3 Å². The Kier molecular flexibility index (Phi) is 6.58. The van der Waals surface area contributed by atoms with E-state index in [9.17, 15) is 0 Å². The largest absolute Gasteiger partial charge is 0.374 e. The highest BCUT2D eigenvalue weighted by Crippen LogP contribution is 2.14. The van der Waals surface area contributed by atoms with Gasteiger partial charge in [0.15, 0.2) is 0 Å². The van der Waals surface area contributed by atoms with Crippen LogP contribution in [0.2, 0.25) is 0 Å². The van der Waals surface area contributed by atoms with Gasteiger partial charge in [0, 0.05) is 13.2 Å². The zero-order chi connectivity index (χ0) is 10.3. The Morgan fingerprint density at radius 3 is 2.31 bits per heavy atom.